The Hall–Kier alpha value is -1.89. The van der Waals surface area contributed by atoms with Gasteiger partial charge in [0.15, 0.2) is 5.69 Å². The minimum absolute atomic E-state index is 0.235. The van der Waals surface area contributed by atoms with Crippen LogP contribution in [0, 0.1) is 0 Å². The lowest BCUT2D eigenvalue weighted by Gasteiger charge is -2.06. The molecule has 0 amide bonds. The molecule has 0 saturated carbocycles. The van der Waals surface area contributed by atoms with Gasteiger partial charge < -0.3 is 5.32 Å². The summed E-state index contributed by atoms with van der Waals surface area (Å²) in [4.78, 5) is 15.4. The average Bonchev–Trinajstić information content (AvgIpc) is 2.97. The van der Waals surface area contributed by atoms with Crippen LogP contribution in [0.15, 0.2) is 40.5 Å². The van der Waals surface area contributed by atoms with Crippen molar-refractivity contribution in [2.45, 2.75) is 0 Å². The number of nitrogens with zero attached hydrogens (tertiary/aromatic N) is 2. The van der Waals surface area contributed by atoms with Gasteiger partial charge in [-0.2, -0.15) is 0 Å². The zero-order valence-electron chi connectivity index (χ0n) is 10.4. The summed E-state index contributed by atoms with van der Waals surface area (Å²) in [5, 5.41) is 13.6. The fourth-order valence-electron chi connectivity index (χ4n) is 1.68. The second kappa shape index (κ2) is 5.85. The Morgan fingerprint density at radius 3 is 2.67 bits per heavy atom. The lowest BCUT2D eigenvalue weighted by molar-refractivity contribution is 0.964. The first-order valence-corrected chi connectivity index (χ1v) is 7.50. The van der Waals surface area contributed by atoms with Crippen molar-refractivity contribution >= 4 is 46.2 Å². The van der Waals surface area contributed by atoms with Crippen molar-refractivity contribution in [2.24, 2.45) is 0 Å². The van der Waals surface area contributed by atoms with E-state index in [1.165, 1.54) is 11.3 Å². The summed E-state index contributed by atoms with van der Waals surface area (Å²) in [6.45, 7) is 0. The van der Waals surface area contributed by atoms with Crippen LogP contribution in [0.2, 0.25) is 10.0 Å². The maximum Gasteiger partial charge on any atom is 0.280 e. The van der Waals surface area contributed by atoms with Crippen LogP contribution in [-0.4, -0.2) is 15.2 Å². The van der Waals surface area contributed by atoms with Crippen molar-refractivity contribution in [3.8, 4) is 10.6 Å². The minimum Gasteiger partial charge on any atom is -0.324 e. The molecule has 0 radical (unpaired) electrons. The van der Waals surface area contributed by atoms with Crippen LogP contribution >= 0.6 is 34.5 Å². The molecule has 0 atom stereocenters. The zero-order valence-corrected chi connectivity index (χ0v) is 12.8. The number of thiophene rings is 1. The fraction of sp³-hybridized carbons (Fsp3) is 0. The quantitative estimate of drug-likeness (QED) is 0.758. The summed E-state index contributed by atoms with van der Waals surface area (Å²) in [5.74, 6) is 0.235. The van der Waals surface area contributed by atoms with E-state index in [2.05, 4.69) is 20.5 Å². The van der Waals surface area contributed by atoms with Crippen LogP contribution in [-0.2, 0) is 0 Å². The normalized spacial score (nSPS) is 10.6. The summed E-state index contributed by atoms with van der Waals surface area (Å²) in [5.41, 5.74) is 0.637. The topological polar surface area (TPSA) is 70.7 Å². The standard InChI is InChI=1S/C13H8Cl2N4OS/c14-8-4-3-7(6-9(8)15)16-13-17-12(20)11(18-19-13)10-2-1-5-21-10/h1-6H,(H2,16,17,19,20). The van der Waals surface area contributed by atoms with Crippen molar-refractivity contribution in [1.82, 2.24) is 15.2 Å². The molecule has 0 aliphatic heterocycles. The molecule has 0 fully saturated rings. The maximum absolute atomic E-state index is 12.0. The fourth-order valence-corrected chi connectivity index (χ4v) is 2.68. The van der Waals surface area contributed by atoms with Crippen LogP contribution in [0.25, 0.3) is 10.6 Å². The van der Waals surface area contributed by atoms with E-state index in [4.69, 9.17) is 23.2 Å². The van der Waals surface area contributed by atoms with Crippen molar-refractivity contribution in [2.75, 3.05) is 5.32 Å². The van der Waals surface area contributed by atoms with Gasteiger partial charge in [-0.15, -0.1) is 21.5 Å². The van der Waals surface area contributed by atoms with Crippen molar-refractivity contribution < 1.29 is 0 Å². The Labute approximate surface area is 133 Å². The minimum atomic E-state index is -0.310. The molecule has 1 aromatic carbocycles. The molecule has 0 aliphatic rings. The van der Waals surface area contributed by atoms with Crippen LogP contribution in [0.5, 0.6) is 0 Å². The molecule has 3 aromatic rings. The van der Waals surface area contributed by atoms with Crippen molar-refractivity contribution in [1.29, 1.82) is 0 Å². The first kappa shape index (κ1) is 14.1. The largest absolute Gasteiger partial charge is 0.324 e. The molecule has 0 aliphatic carbocycles. The van der Waals surface area contributed by atoms with E-state index in [0.29, 0.717) is 21.4 Å². The highest BCUT2D eigenvalue weighted by Gasteiger charge is 2.09. The lowest BCUT2D eigenvalue weighted by Crippen LogP contribution is -2.15. The Kier molecular flexibility index (Phi) is 3.92. The highest BCUT2D eigenvalue weighted by molar-refractivity contribution is 7.13. The number of nitrogens with one attached hydrogen (secondary N) is 2. The Morgan fingerprint density at radius 1 is 1.14 bits per heavy atom. The highest BCUT2D eigenvalue weighted by Crippen LogP contribution is 2.26. The van der Waals surface area contributed by atoms with Crippen molar-refractivity contribution in [3.05, 3.63) is 56.1 Å². The monoisotopic (exact) mass is 338 g/mol. The Balaban J connectivity index is 1.89. The smallest absolute Gasteiger partial charge is 0.280 e. The van der Waals surface area contributed by atoms with E-state index < -0.39 is 0 Å². The predicted octanol–water partition coefficient (Wildman–Crippen LogP) is 3.94. The van der Waals surface area contributed by atoms with Gasteiger partial charge in [0, 0.05) is 5.69 Å². The lowest BCUT2D eigenvalue weighted by atomic mass is 10.3. The van der Waals surface area contributed by atoms with E-state index in [-0.39, 0.29) is 11.5 Å². The average molecular weight is 339 g/mol. The van der Waals surface area contributed by atoms with Gasteiger partial charge in [-0.05, 0) is 29.6 Å². The van der Waals surface area contributed by atoms with Crippen LogP contribution in [0.3, 0.4) is 0 Å². The van der Waals surface area contributed by atoms with Gasteiger partial charge in [-0.1, -0.05) is 29.3 Å². The molecule has 0 saturated heterocycles. The van der Waals surface area contributed by atoms with Crippen LogP contribution < -0.4 is 10.9 Å². The molecule has 0 spiro atoms. The second-order valence-electron chi connectivity index (χ2n) is 4.08. The summed E-state index contributed by atoms with van der Waals surface area (Å²) >= 11 is 13.2. The number of hydrogen-bond acceptors (Lipinski definition) is 5. The van der Waals surface area contributed by atoms with Gasteiger partial charge in [-0.3, -0.25) is 9.78 Å². The molecular weight excluding hydrogens is 331 g/mol. The SMILES string of the molecule is O=c1[nH]c(Nc2ccc(Cl)c(Cl)c2)nnc1-c1cccs1. The third-order valence-electron chi connectivity index (χ3n) is 2.63. The number of halogens is 2. The molecule has 3 rings (SSSR count). The summed E-state index contributed by atoms with van der Waals surface area (Å²) < 4.78 is 0. The first-order chi connectivity index (χ1) is 10.1. The Morgan fingerprint density at radius 2 is 2.00 bits per heavy atom. The summed E-state index contributed by atoms with van der Waals surface area (Å²) in [6.07, 6.45) is 0. The maximum atomic E-state index is 12.0. The third-order valence-corrected chi connectivity index (χ3v) is 4.25. The van der Waals surface area contributed by atoms with E-state index in [9.17, 15) is 4.79 Å². The van der Waals surface area contributed by atoms with Crippen LogP contribution in [0.1, 0.15) is 0 Å². The number of H-pyrrole nitrogens is 1. The van der Waals surface area contributed by atoms with Gasteiger partial charge in [-0.25, -0.2) is 0 Å². The zero-order chi connectivity index (χ0) is 14.8. The predicted molar refractivity (Wildman–Crippen MR) is 85.7 cm³/mol. The number of rotatable bonds is 3. The van der Waals surface area contributed by atoms with Gasteiger partial charge >= 0.3 is 0 Å². The molecule has 2 heterocycles. The summed E-state index contributed by atoms with van der Waals surface area (Å²) in [6, 6.07) is 8.68. The molecule has 0 bridgehead atoms. The molecule has 8 heteroatoms. The third kappa shape index (κ3) is 3.07. The van der Waals surface area contributed by atoms with E-state index in [1.54, 1.807) is 18.2 Å². The van der Waals surface area contributed by atoms with Gasteiger partial charge in [0.05, 0.1) is 14.9 Å². The molecule has 106 valence electrons. The van der Waals surface area contributed by atoms with Gasteiger partial charge in [0.1, 0.15) is 0 Å². The first-order valence-electron chi connectivity index (χ1n) is 5.86. The molecule has 2 aromatic heterocycles. The molecular formula is C13H8Cl2N4OS. The molecule has 2 N–H and O–H groups in total. The van der Waals surface area contributed by atoms with Gasteiger partial charge in [0.25, 0.3) is 5.56 Å². The molecule has 21 heavy (non-hydrogen) atoms. The number of hydrogen-bond donors (Lipinski definition) is 2. The Bertz CT molecular complexity index is 832. The molecule has 5 nitrogen and oxygen atoms in total. The number of aromatic amines is 1. The number of anilines is 2. The van der Waals surface area contributed by atoms with Gasteiger partial charge in [0.2, 0.25) is 5.95 Å². The summed E-state index contributed by atoms with van der Waals surface area (Å²) in [7, 11) is 0. The second-order valence-corrected chi connectivity index (χ2v) is 5.84. The highest BCUT2D eigenvalue weighted by atomic mass is 35.5. The van der Waals surface area contributed by atoms with E-state index in [0.717, 1.165) is 4.88 Å². The number of aromatic nitrogens is 3. The van der Waals surface area contributed by atoms with Crippen LogP contribution in [0.4, 0.5) is 11.6 Å². The van der Waals surface area contributed by atoms with Crippen molar-refractivity contribution in [3.63, 3.8) is 0 Å². The van der Waals surface area contributed by atoms with E-state index >= 15 is 0 Å². The number of benzene rings is 1. The molecule has 0 unspecified atom stereocenters. The van der Waals surface area contributed by atoms with E-state index in [1.807, 2.05) is 17.5 Å².